The van der Waals surface area contributed by atoms with Crippen molar-refractivity contribution in [3.63, 3.8) is 0 Å². The molecule has 1 saturated carbocycles. The molecule has 2 N–H and O–H groups in total. The minimum Gasteiger partial charge on any atom is -0.393 e. The highest BCUT2D eigenvalue weighted by molar-refractivity contribution is 4.98. The van der Waals surface area contributed by atoms with Crippen molar-refractivity contribution in [1.82, 2.24) is 14.9 Å². The second-order valence-electron chi connectivity index (χ2n) is 3.70. The molecule has 0 saturated heterocycles. The second-order valence-corrected chi connectivity index (χ2v) is 3.70. The summed E-state index contributed by atoms with van der Waals surface area (Å²) in [5, 5.41) is 12.4. The van der Waals surface area contributed by atoms with Gasteiger partial charge in [0.05, 0.1) is 18.1 Å². The van der Waals surface area contributed by atoms with Crippen LogP contribution in [0.25, 0.3) is 0 Å². The summed E-state index contributed by atoms with van der Waals surface area (Å²) in [6.45, 7) is 0.841. The number of aryl methyl sites for hydroxylation is 1. The number of hydrogen-bond acceptors (Lipinski definition) is 3. The lowest BCUT2D eigenvalue weighted by Crippen LogP contribution is -2.43. The minimum absolute atomic E-state index is 0.0796. The van der Waals surface area contributed by atoms with Gasteiger partial charge in [0.2, 0.25) is 0 Å². The first-order valence-corrected chi connectivity index (χ1v) is 4.62. The molecule has 4 heteroatoms. The summed E-state index contributed by atoms with van der Waals surface area (Å²) in [6, 6.07) is 0.491. The van der Waals surface area contributed by atoms with Crippen LogP contribution in [0.5, 0.6) is 0 Å². The Balaban J connectivity index is 1.77. The number of imidazole rings is 1. The quantitative estimate of drug-likeness (QED) is 0.692. The van der Waals surface area contributed by atoms with Crippen molar-refractivity contribution in [3.8, 4) is 0 Å². The Morgan fingerprint density at radius 2 is 2.46 bits per heavy atom. The molecule has 0 bridgehead atoms. The molecule has 1 heterocycles. The normalized spacial score (nSPS) is 27.2. The predicted molar refractivity (Wildman–Crippen MR) is 49.1 cm³/mol. The summed E-state index contributed by atoms with van der Waals surface area (Å²) in [7, 11) is 1.99. The van der Waals surface area contributed by atoms with Gasteiger partial charge in [0, 0.05) is 25.8 Å². The van der Waals surface area contributed by atoms with Crippen molar-refractivity contribution in [2.45, 2.75) is 31.5 Å². The van der Waals surface area contributed by atoms with Gasteiger partial charge >= 0.3 is 0 Å². The van der Waals surface area contributed by atoms with Crippen LogP contribution in [0.2, 0.25) is 0 Å². The van der Waals surface area contributed by atoms with Crippen molar-refractivity contribution in [2.75, 3.05) is 0 Å². The first kappa shape index (κ1) is 8.72. The van der Waals surface area contributed by atoms with E-state index >= 15 is 0 Å². The van der Waals surface area contributed by atoms with E-state index < -0.39 is 0 Å². The SMILES string of the molecule is Cn1cncc1CNC1CC(O)C1. The van der Waals surface area contributed by atoms with E-state index in [-0.39, 0.29) is 6.10 Å². The number of aromatic nitrogens is 2. The molecule has 0 atom stereocenters. The Morgan fingerprint density at radius 1 is 1.69 bits per heavy atom. The highest BCUT2D eigenvalue weighted by atomic mass is 16.3. The third-order valence-electron chi connectivity index (χ3n) is 2.60. The Hall–Kier alpha value is -0.870. The van der Waals surface area contributed by atoms with Gasteiger partial charge in [0.25, 0.3) is 0 Å². The zero-order chi connectivity index (χ0) is 9.26. The van der Waals surface area contributed by atoms with Crippen LogP contribution >= 0.6 is 0 Å². The fraction of sp³-hybridized carbons (Fsp3) is 0.667. The van der Waals surface area contributed by atoms with Crippen LogP contribution in [0.15, 0.2) is 12.5 Å². The summed E-state index contributed by atoms with van der Waals surface area (Å²) in [4.78, 5) is 4.03. The van der Waals surface area contributed by atoms with Crippen LogP contribution in [0.1, 0.15) is 18.5 Å². The molecule has 0 amide bonds. The summed E-state index contributed by atoms with van der Waals surface area (Å²) in [5.41, 5.74) is 1.18. The maximum atomic E-state index is 9.07. The third kappa shape index (κ3) is 1.89. The molecular weight excluding hydrogens is 166 g/mol. The van der Waals surface area contributed by atoms with Gasteiger partial charge in [-0.2, -0.15) is 0 Å². The Kier molecular flexibility index (Phi) is 2.33. The van der Waals surface area contributed by atoms with Crippen LogP contribution in [0.3, 0.4) is 0 Å². The Bertz CT molecular complexity index is 278. The van der Waals surface area contributed by atoms with Crippen LogP contribution in [0.4, 0.5) is 0 Å². The molecule has 0 spiro atoms. The third-order valence-corrected chi connectivity index (χ3v) is 2.60. The minimum atomic E-state index is -0.0796. The van der Waals surface area contributed by atoms with E-state index in [2.05, 4.69) is 10.3 Å². The molecule has 0 unspecified atom stereocenters. The molecule has 4 nitrogen and oxygen atoms in total. The van der Waals surface area contributed by atoms with Crippen LogP contribution in [-0.4, -0.2) is 26.8 Å². The van der Waals surface area contributed by atoms with E-state index in [1.165, 1.54) is 5.69 Å². The summed E-state index contributed by atoms with van der Waals surface area (Å²) in [6.07, 6.45) is 5.36. The summed E-state index contributed by atoms with van der Waals surface area (Å²) < 4.78 is 2.00. The van der Waals surface area contributed by atoms with Crippen LogP contribution in [0, 0.1) is 0 Å². The first-order valence-electron chi connectivity index (χ1n) is 4.62. The smallest absolute Gasteiger partial charge is 0.0945 e. The van der Waals surface area contributed by atoms with Gasteiger partial charge in [-0.15, -0.1) is 0 Å². The molecule has 1 fully saturated rings. The van der Waals surface area contributed by atoms with Crippen molar-refractivity contribution in [1.29, 1.82) is 0 Å². The number of hydrogen-bond donors (Lipinski definition) is 2. The number of rotatable bonds is 3. The van der Waals surface area contributed by atoms with Crippen LogP contribution in [-0.2, 0) is 13.6 Å². The standard InChI is InChI=1S/C9H15N3O/c1-12-6-10-4-8(12)5-11-7-2-9(13)3-7/h4,6-7,9,11,13H,2-3,5H2,1H3. The van der Waals surface area contributed by atoms with Crippen molar-refractivity contribution in [3.05, 3.63) is 18.2 Å². The number of aliphatic hydroxyl groups is 1. The number of nitrogens with zero attached hydrogens (tertiary/aromatic N) is 2. The molecular formula is C9H15N3O. The zero-order valence-corrected chi connectivity index (χ0v) is 7.77. The highest BCUT2D eigenvalue weighted by Gasteiger charge is 2.26. The summed E-state index contributed by atoms with van der Waals surface area (Å²) in [5.74, 6) is 0. The monoisotopic (exact) mass is 181 g/mol. The van der Waals surface area contributed by atoms with Gasteiger partial charge in [-0.1, -0.05) is 0 Å². The van der Waals surface area contributed by atoms with Gasteiger partial charge in [-0.05, 0) is 12.8 Å². The number of aliphatic hydroxyl groups excluding tert-OH is 1. The highest BCUT2D eigenvalue weighted by Crippen LogP contribution is 2.19. The van der Waals surface area contributed by atoms with E-state index in [1.807, 2.05) is 17.8 Å². The van der Waals surface area contributed by atoms with E-state index in [0.29, 0.717) is 6.04 Å². The number of nitrogens with one attached hydrogen (secondary N) is 1. The maximum absolute atomic E-state index is 9.07. The lowest BCUT2D eigenvalue weighted by molar-refractivity contribution is 0.0617. The van der Waals surface area contributed by atoms with Crippen molar-refractivity contribution >= 4 is 0 Å². The lowest BCUT2D eigenvalue weighted by atomic mass is 9.89. The molecule has 1 aliphatic rings. The molecule has 72 valence electrons. The Morgan fingerprint density at radius 3 is 3.00 bits per heavy atom. The average Bonchev–Trinajstić information content (AvgIpc) is 2.43. The van der Waals surface area contributed by atoms with E-state index in [9.17, 15) is 0 Å². The molecule has 0 aromatic carbocycles. The topological polar surface area (TPSA) is 50.1 Å². The maximum Gasteiger partial charge on any atom is 0.0945 e. The first-order chi connectivity index (χ1) is 6.25. The van der Waals surface area contributed by atoms with Gasteiger partial charge in [0.15, 0.2) is 0 Å². The molecule has 1 aromatic heterocycles. The van der Waals surface area contributed by atoms with E-state index in [0.717, 1.165) is 19.4 Å². The molecule has 1 aromatic rings. The summed E-state index contributed by atoms with van der Waals surface area (Å²) >= 11 is 0. The molecule has 0 radical (unpaired) electrons. The lowest BCUT2D eigenvalue weighted by Gasteiger charge is -2.32. The fourth-order valence-electron chi connectivity index (χ4n) is 1.56. The average molecular weight is 181 g/mol. The van der Waals surface area contributed by atoms with Gasteiger partial charge in [-0.3, -0.25) is 0 Å². The van der Waals surface area contributed by atoms with Crippen molar-refractivity contribution < 1.29 is 5.11 Å². The van der Waals surface area contributed by atoms with Gasteiger partial charge in [-0.25, -0.2) is 4.98 Å². The second kappa shape index (κ2) is 3.47. The van der Waals surface area contributed by atoms with E-state index in [4.69, 9.17) is 5.11 Å². The molecule has 1 aliphatic carbocycles. The molecule has 13 heavy (non-hydrogen) atoms. The van der Waals surface area contributed by atoms with E-state index in [1.54, 1.807) is 6.33 Å². The van der Waals surface area contributed by atoms with Crippen LogP contribution < -0.4 is 5.32 Å². The molecule has 2 rings (SSSR count). The predicted octanol–water partition coefficient (Wildman–Crippen LogP) is 0.0330. The van der Waals surface area contributed by atoms with Gasteiger partial charge < -0.3 is 15.0 Å². The van der Waals surface area contributed by atoms with Gasteiger partial charge in [0.1, 0.15) is 0 Å². The molecule has 0 aliphatic heterocycles. The Labute approximate surface area is 77.6 Å². The largest absolute Gasteiger partial charge is 0.393 e. The fourth-order valence-corrected chi connectivity index (χ4v) is 1.56. The zero-order valence-electron chi connectivity index (χ0n) is 7.77. The van der Waals surface area contributed by atoms with Crippen molar-refractivity contribution in [2.24, 2.45) is 7.05 Å².